The van der Waals surface area contributed by atoms with Crippen molar-refractivity contribution >= 4 is 40.1 Å². The molecule has 0 fully saturated rings. The third-order valence-corrected chi connectivity index (χ3v) is 5.26. The fraction of sp³-hybridized carbons (Fsp3) is 0.467. The van der Waals surface area contributed by atoms with Gasteiger partial charge in [-0.25, -0.2) is 9.97 Å². The maximum absolute atomic E-state index is 12.0. The highest BCUT2D eigenvalue weighted by Crippen LogP contribution is 2.24. The standard InChI is InChI=1S/C15H20N4O3S2/c1-5-10-8(2)16-14(18-10)23-7-12(20)19-15-17-9(3)11(24-15)6-13(21)22-4/h5-7H2,1-4H3,(H,16,18)(H,17,19,20). The summed E-state index contributed by atoms with van der Waals surface area (Å²) in [7, 11) is 1.35. The van der Waals surface area contributed by atoms with Crippen molar-refractivity contribution in [3.05, 3.63) is 22.0 Å². The van der Waals surface area contributed by atoms with Crippen molar-refractivity contribution < 1.29 is 14.3 Å². The first-order valence-electron chi connectivity index (χ1n) is 7.44. The minimum Gasteiger partial charge on any atom is -0.469 e. The van der Waals surface area contributed by atoms with Crippen LogP contribution < -0.4 is 5.32 Å². The lowest BCUT2D eigenvalue weighted by molar-refractivity contribution is -0.139. The van der Waals surface area contributed by atoms with Crippen molar-refractivity contribution in [2.45, 2.75) is 38.8 Å². The van der Waals surface area contributed by atoms with Crippen LogP contribution >= 0.6 is 23.1 Å². The fourth-order valence-electron chi connectivity index (χ4n) is 2.02. The van der Waals surface area contributed by atoms with Crippen LogP contribution in [0.4, 0.5) is 5.13 Å². The number of esters is 1. The average molecular weight is 368 g/mol. The Balaban J connectivity index is 1.90. The van der Waals surface area contributed by atoms with E-state index in [4.69, 9.17) is 0 Å². The van der Waals surface area contributed by atoms with Crippen LogP contribution in [0.3, 0.4) is 0 Å². The molecule has 24 heavy (non-hydrogen) atoms. The van der Waals surface area contributed by atoms with Gasteiger partial charge in [-0.3, -0.25) is 9.59 Å². The van der Waals surface area contributed by atoms with Gasteiger partial charge in [0, 0.05) is 10.6 Å². The van der Waals surface area contributed by atoms with E-state index >= 15 is 0 Å². The van der Waals surface area contributed by atoms with Crippen molar-refractivity contribution in [2.75, 3.05) is 18.2 Å². The Morgan fingerprint density at radius 2 is 2.08 bits per heavy atom. The van der Waals surface area contributed by atoms with E-state index in [2.05, 4.69) is 25.0 Å². The lowest BCUT2D eigenvalue weighted by Gasteiger charge is -1.99. The molecule has 130 valence electrons. The quantitative estimate of drug-likeness (QED) is 0.576. The second-order valence-corrected chi connectivity index (χ2v) is 7.13. The lowest BCUT2D eigenvalue weighted by Crippen LogP contribution is -2.13. The highest BCUT2D eigenvalue weighted by atomic mass is 32.2. The van der Waals surface area contributed by atoms with E-state index in [1.165, 1.54) is 30.2 Å². The van der Waals surface area contributed by atoms with Gasteiger partial charge in [-0.1, -0.05) is 18.7 Å². The number of thioether (sulfide) groups is 1. The Morgan fingerprint density at radius 1 is 1.33 bits per heavy atom. The molecule has 2 aromatic rings. The highest BCUT2D eigenvalue weighted by Gasteiger charge is 2.14. The lowest BCUT2D eigenvalue weighted by atomic mass is 10.3. The summed E-state index contributed by atoms with van der Waals surface area (Å²) >= 11 is 2.63. The second kappa shape index (κ2) is 8.29. The Kier molecular flexibility index (Phi) is 6.38. The van der Waals surface area contributed by atoms with Crippen molar-refractivity contribution in [1.82, 2.24) is 15.0 Å². The number of thiazole rings is 1. The summed E-state index contributed by atoms with van der Waals surface area (Å²) in [5.41, 5.74) is 2.77. The third kappa shape index (κ3) is 4.81. The van der Waals surface area contributed by atoms with E-state index in [0.29, 0.717) is 5.13 Å². The van der Waals surface area contributed by atoms with Gasteiger partial charge in [-0.05, 0) is 20.3 Å². The Hall–Kier alpha value is -1.87. The van der Waals surface area contributed by atoms with Crippen LogP contribution in [-0.2, 0) is 27.2 Å². The molecule has 1 amide bonds. The monoisotopic (exact) mass is 368 g/mol. The van der Waals surface area contributed by atoms with E-state index in [-0.39, 0.29) is 24.1 Å². The zero-order chi connectivity index (χ0) is 17.7. The van der Waals surface area contributed by atoms with Crippen LogP contribution in [0, 0.1) is 13.8 Å². The molecule has 0 bridgehead atoms. The molecule has 2 rings (SSSR count). The number of carbonyl (C=O) groups excluding carboxylic acids is 2. The summed E-state index contributed by atoms with van der Waals surface area (Å²) in [6.45, 7) is 5.81. The number of nitrogens with zero attached hydrogens (tertiary/aromatic N) is 2. The SMILES string of the molecule is CCc1nc(SCC(=O)Nc2nc(C)c(CC(=O)OC)s2)[nH]c1C. The number of amides is 1. The van der Waals surface area contributed by atoms with E-state index in [1.54, 1.807) is 6.92 Å². The number of hydrogen-bond donors (Lipinski definition) is 2. The molecule has 0 aliphatic heterocycles. The number of aryl methyl sites for hydroxylation is 3. The average Bonchev–Trinajstić information content (AvgIpc) is 3.07. The van der Waals surface area contributed by atoms with Gasteiger partial charge in [-0.2, -0.15) is 0 Å². The first kappa shape index (κ1) is 18.5. The predicted molar refractivity (Wildman–Crippen MR) is 94.6 cm³/mol. The number of aromatic amines is 1. The molecule has 0 aliphatic carbocycles. The topological polar surface area (TPSA) is 97.0 Å². The van der Waals surface area contributed by atoms with Gasteiger partial charge in [0.25, 0.3) is 0 Å². The number of methoxy groups -OCH3 is 1. The maximum atomic E-state index is 12.0. The Labute approximate surface area is 148 Å². The number of hydrogen-bond acceptors (Lipinski definition) is 7. The summed E-state index contributed by atoms with van der Waals surface area (Å²) in [5, 5.41) is 3.98. The minimum absolute atomic E-state index is 0.162. The number of carbonyl (C=O) groups is 2. The number of ether oxygens (including phenoxy) is 1. The van der Waals surface area contributed by atoms with Gasteiger partial charge >= 0.3 is 5.97 Å². The molecule has 2 heterocycles. The first-order chi connectivity index (χ1) is 11.4. The van der Waals surface area contributed by atoms with E-state index in [0.717, 1.165) is 33.5 Å². The van der Waals surface area contributed by atoms with Crippen LogP contribution in [0.5, 0.6) is 0 Å². The summed E-state index contributed by atoms with van der Waals surface area (Å²) < 4.78 is 4.65. The molecule has 0 saturated carbocycles. The van der Waals surface area contributed by atoms with E-state index < -0.39 is 0 Å². The maximum Gasteiger partial charge on any atom is 0.310 e. The zero-order valence-electron chi connectivity index (χ0n) is 14.1. The van der Waals surface area contributed by atoms with Crippen LogP contribution in [-0.4, -0.2) is 39.7 Å². The van der Waals surface area contributed by atoms with Crippen molar-refractivity contribution in [3.63, 3.8) is 0 Å². The molecule has 7 nitrogen and oxygen atoms in total. The largest absolute Gasteiger partial charge is 0.469 e. The fourth-order valence-corrected chi connectivity index (χ4v) is 3.72. The number of imidazole rings is 1. The number of anilines is 1. The van der Waals surface area contributed by atoms with Gasteiger partial charge in [0.15, 0.2) is 10.3 Å². The zero-order valence-corrected chi connectivity index (χ0v) is 15.7. The molecule has 0 aromatic carbocycles. The summed E-state index contributed by atoms with van der Waals surface area (Å²) in [6.07, 6.45) is 1.02. The Morgan fingerprint density at radius 3 is 2.71 bits per heavy atom. The van der Waals surface area contributed by atoms with Crippen molar-refractivity contribution in [1.29, 1.82) is 0 Å². The number of rotatable bonds is 7. The van der Waals surface area contributed by atoms with Crippen molar-refractivity contribution in [2.24, 2.45) is 0 Å². The highest BCUT2D eigenvalue weighted by molar-refractivity contribution is 7.99. The normalized spacial score (nSPS) is 10.7. The van der Waals surface area contributed by atoms with Crippen molar-refractivity contribution in [3.8, 4) is 0 Å². The molecule has 2 N–H and O–H groups in total. The first-order valence-corrected chi connectivity index (χ1v) is 9.24. The molecule has 0 radical (unpaired) electrons. The molecule has 9 heteroatoms. The van der Waals surface area contributed by atoms with Gasteiger partial charge in [0.2, 0.25) is 5.91 Å². The molecule has 0 unspecified atom stereocenters. The van der Waals surface area contributed by atoms with Crippen LogP contribution in [0.15, 0.2) is 5.16 Å². The van der Waals surface area contributed by atoms with Gasteiger partial charge in [0.05, 0.1) is 30.7 Å². The molecule has 2 aromatic heterocycles. The molecular weight excluding hydrogens is 348 g/mol. The van der Waals surface area contributed by atoms with Crippen LogP contribution in [0.1, 0.15) is 28.9 Å². The van der Waals surface area contributed by atoms with Gasteiger partial charge in [-0.15, -0.1) is 11.3 Å². The predicted octanol–water partition coefficient (Wildman–Crippen LogP) is 2.49. The molecular formula is C15H20N4O3S2. The minimum atomic E-state index is -0.324. The number of aromatic nitrogens is 3. The third-order valence-electron chi connectivity index (χ3n) is 3.31. The molecule has 0 spiro atoms. The van der Waals surface area contributed by atoms with Crippen LogP contribution in [0.25, 0.3) is 0 Å². The number of H-pyrrole nitrogens is 1. The van der Waals surface area contributed by atoms with E-state index in [9.17, 15) is 9.59 Å². The van der Waals surface area contributed by atoms with Gasteiger partial charge < -0.3 is 15.0 Å². The molecule has 0 aliphatic rings. The Bertz CT molecular complexity index is 739. The summed E-state index contributed by atoms with van der Waals surface area (Å²) in [4.78, 5) is 36.0. The summed E-state index contributed by atoms with van der Waals surface area (Å²) in [5.74, 6) is -0.248. The molecule has 0 atom stereocenters. The number of nitrogens with one attached hydrogen (secondary N) is 2. The second-order valence-electron chi connectivity index (χ2n) is 5.08. The van der Waals surface area contributed by atoms with E-state index in [1.807, 2.05) is 13.8 Å². The van der Waals surface area contributed by atoms with Crippen LogP contribution in [0.2, 0.25) is 0 Å². The smallest absolute Gasteiger partial charge is 0.310 e. The summed E-state index contributed by atoms with van der Waals surface area (Å²) in [6, 6.07) is 0. The van der Waals surface area contributed by atoms with Gasteiger partial charge in [0.1, 0.15) is 0 Å². The molecule has 0 saturated heterocycles.